The standard InChI is InChI=1S/C11H8ClFO2/c12-7-3-5-4(2-8(7)13)1-6-9(5)10(6)11(14)15/h2-3,6,9-10H,1H2,(H,14,15)/t6-,9-,10+/m0/s1. The van der Waals surface area contributed by atoms with Crippen molar-refractivity contribution in [2.24, 2.45) is 11.8 Å². The molecule has 0 bridgehead atoms. The van der Waals surface area contributed by atoms with Gasteiger partial charge in [-0.3, -0.25) is 4.79 Å². The lowest BCUT2D eigenvalue weighted by Gasteiger charge is -2.06. The molecule has 2 aliphatic rings. The lowest BCUT2D eigenvalue weighted by Crippen LogP contribution is -2.05. The van der Waals surface area contributed by atoms with Crippen LogP contribution in [0.5, 0.6) is 0 Å². The van der Waals surface area contributed by atoms with Gasteiger partial charge in [0, 0.05) is 5.92 Å². The maximum Gasteiger partial charge on any atom is 0.307 e. The first-order valence-electron chi connectivity index (χ1n) is 4.80. The summed E-state index contributed by atoms with van der Waals surface area (Å²) in [4.78, 5) is 10.8. The third-order valence-electron chi connectivity index (χ3n) is 3.45. The minimum absolute atomic E-state index is 0.0654. The second kappa shape index (κ2) is 2.73. The Morgan fingerprint density at radius 2 is 2.27 bits per heavy atom. The monoisotopic (exact) mass is 226 g/mol. The first kappa shape index (κ1) is 9.16. The van der Waals surface area contributed by atoms with Gasteiger partial charge in [-0.25, -0.2) is 4.39 Å². The van der Waals surface area contributed by atoms with Crippen LogP contribution in [0, 0.1) is 17.7 Å². The number of carboxylic acids is 1. The van der Waals surface area contributed by atoms with Gasteiger partial charge in [0.1, 0.15) is 5.82 Å². The number of halogens is 2. The highest BCUT2D eigenvalue weighted by Crippen LogP contribution is 2.61. The van der Waals surface area contributed by atoms with Crippen molar-refractivity contribution in [2.45, 2.75) is 12.3 Å². The van der Waals surface area contributed by atoms with Crippen LogP contribution in [0.1, 0.15) is 17.0 Å². The van der Waals surface area contributed by atoms with Crippen LogP contribution in [0.3, 0.4) is 0 Å². The number of carboxylic acid groups (broad SMARTS) is 1. The molecule has 2 nitrogen and oxygen atoms in total. The summed E-state index contributed by atoms with van der Waals surface area (Å²) in [6.07, 6.45) is 0.672. The first-order chi connectivity index (χ1) is 7.09. The average molecular weight is 227 g/mol. The molecule has 15 heavy (non-hydrogen) atoms. The van der Waals surface area contributed by atoms with Gasteiger partial charge in [0.05, 0.1) is 10.9 Å². The highest BCUT2D eigenvalue weighted by molar-refractivity contribution is 6.30. The van der Waals surface area contributed by atoms with Crippen LogP contribution >= 0.6 is 11.6 Å². The Bertz CT molecular complexity index is 472. The average Bonchev–Trinajstić information content (AvgIpc) is 2.76. The summed E-state index contributed by atoms with van der Waals surface area (Å²) >= 11 is 5.68. The van der Waals surface area contributed by atoms with Gasteiger partial charge in [0.15, 0.2) is 0 Å². The minimum atomic E-state index is -0.754. The van der Waals surface area contributed by atoms with E-state index in [4.69, 9.17) is 16.7 Å². The third-order valence-corrected chi connectivity index (χ3v) is 3.74. The second-order valence-electron chi connectivity index (χ2n) is 4.22. The Morgan fingerprint density at radius 3 is 2.93 bits per heavy atom. The summed E-state index contributed by atoms with van der Waals surface area (Å²) in [6.45, 7) is 0. The van der Waals surface area contributed by atoms with Gasteiger partial charge >= 0.3 is 5.97 Å². The fourth-order valence-corrected chi connectivity index (χ4v) is 2.91. The second-order valence-corrected chi connectivity index (χ2v) is 4.63. The predicted octanol–water partition coefficient (Wildman–Crippen LogP) is 2.45. The molecule has 0 spiro atoms. The SMILES string of the molecule is O=C(O)[C@@H]1[C@H]2Cc3cc(F)c(Cl)cc3[C@@H]21. The van der Waals surface area contributed by atoms with E-state index < -0.39 is 11.8 Å². The minimum Gasteiger partial charge on any atom is -0.481 e. The molecule has 0 heterocycles. The number of hydrogen-bond donors (Lipinski definition) is 1. The van der Waals surface area contributed by atoms with Crippen LogP contribution in [0.25, 0.3) is 0 Å². The van der Waals surface area contributed by atoms with Crippen molar-refractivity contribution in [1.29, 1.82) is 0 Å². The van der Waals surface area contributed by atoms with E-state index in [1.807, 2.05) is 0 Å². The first-order valence-corrected chi connectivity index (χ1v) is 5.18. The van der Waals surface area contributed by atoms with E-state index in [2.05, 4.69) is 0 Å². The van der Waals surface area contributed by atoms with E-state index in [1.165, 1.54) is 6.07 Å². The summed E-state index contributed by atoms with van der Waals surface area (Å²) in [5.74, 6) is -1.22. The van der Waals surface area contributed by atoms with Crippen LogP contribution < -0.4 is 0 Å². The molecule has 0 amide bonds. The molecule has 3 atom stereocenters. The molecular weight excluding hydrogens is 219 g/mol. The van der Waals surface area contributed by atoms with Crippen LogP contribution in [0.15, 0.2) is 12.1 Å². The van der Waals surface area contributed by atoms with Gasteiger partial charge in [-0.1, -0.05) is 11.6 Å². The number of benzene rings is 1. The fourth-order valence-electron chi connectivity index (χ4n) is 2.73. The summed E-state index contributed by atoms with van der Waals surface area (Å²) in [5, 5.41) is 8.99. The lowest BCUT2D eigenvalue weighted by molar-refractivity contribution is -0.139. The summed E-state index contributed by atoms with van der Waals surface area (Å²) in [7, 11) is 0. The Labute approximate surface area is 90.7 Å². The largest absolute Gasteiger partial charge is 0.481 e. The smallest absolute Gasteiger partial charge is 0.307 e. The van der Waals surface area contributed by atoms with Gasteiger partial charge in [-0.2, -0.15) is 0 Å². The summed E-state index contributed by atoms with van der Waals surface area (Å²) in [5.41, 5.74) is 1.85. The molecule has 0 aliphatic heterocycles. The van der Waals surface area contributed by atoms with E-state index in [1.54, 1.807) is 6.07 Å². The van der Waals surface area contributed by atoms with Crippen molar-refractivity contribution in [2.75, 3.05) is 0 Å². The van der Waals surface area contributed by atoms with Gasteiger partial charge in [0.2, 0.25) is 0 Å². The van der Waals surface area contributed by atoms with E-state index in [0.717, 1.165) is 11.1 Å². The number of aliphatic carboxylic acids is 1. The van der Waals surface area contributed by atoms with Crippen molar-refractivity contribution < 1.29 is 14.3 Å². The van der Waals surface area contributed by atoms with Crippen molar-refractivity contribution in [3.63, 3.8) is 0 Å². The third kappa shape index (κ3) is 1.13. The van der Waals surface area contributed by atoms with Crippen LogP contribution in [0.4, 0.5) is 4.39 Å². The maximum absolute atomic E-state index is 13.1. The van der Waals surface area contributed by atoms with Gasteiger partial charge in [-0.05, 0) is 35.6 Å². The molecule has 4 heteroatoms. The highest BCUT2D eigenvalue weighted by atomic mass is 35.5. The number of rotatable bonds is 1. The molecule has 0 aromatic heterocycles. The number of carbonyl (C=O) groups is 1. The molecule has 1 N–H and O–H groups in total. The van der Waals surface area contributed by atoms with E-state index >= 15 is 0 Å². The molecule has 1 fully saturated rings. The van der Waals surface area contributed by atoms with Crippen molar-refractivity contribution >= 4 is 17.6 Å². The molecule has 0 unspecified atom stereocenters. The van der Waals surface area contributed by atoms with E-state index in [0.29, 0.717) is 6.42 Å². The zero-order valence-electron chi connectivity index (χ0n) is 7.71. The topological polar surface area (TPSA) is 37.3 Å². The Hall–Kier alpha value is -1.09. The summed E-state index contributed by atoms with van der Waals surface area (Å²) < 4.78 is 13.1. The number of hydrogen-bond acceptors (Lipinski definition) is 1. The quantitative estimate of drug-likeness (QED) is 0.799. The zero-order chi connectivity index (χ0) is 10.7. The van der Waals surface area contributed by atoms with Crippen LogP contribution in [-0.2, 0) is 11.2 Å². The highest BCUT2D eigenvalue weighted by Gasteiger charge is 2.59. The Morgan fingerprint density at radius 1 is 1.53 bits per heavy atom. The molecule has 78 valence electrons. The predicted molar refractivity (Wildman–Crippen MR) is 52.5 cm³/mol. The zero-order valence-corrected chi connectivity index (χ0v) is 8.46. The Balaban J connectivity index is 2.02. The van der Waals surface area contributed by atoms with E-state index in [9.17, 15) is 9.18 Å². The molecule has 1 aromatic rings. The molecule has 1 saturated carbocycles. The van der Waals surface area contributed by atoms with Crippen molar-refractivity contribution in [1.82, 2.24) is 0 Å². The van der Waals surface area contributed by atoms with Gasteiger partial charge in [-0.15, -0.1) is 0 Å². The lowest BCUT2D eigenvalue weighted by atomic mass is 10.0. The van der Waals surface area contributed by atoms with Crippen LogP contribution in [-0.4, -0.2) is 11.1 Å². The van der Waals surface area contributed by atoms with Gasteiger partial charge < -0.3 is 5.11 Å². The summed E-state index contributed by atoms with van der Waals surface area (Å²) in [6, 6.07) is 3.02. The molecule has 2 aliphatic carbocycles. The molecular formula is C11H8ClFO2. The van der Waals surface area contributed by atoms with Crippen molar-refractivity contribution in [3.8, 4) is 0 Å². The normalized spacial score (nSPS) is 30.9. The molecule has 3 rings (SSSR count). The number of fused-ring (bicyclic) bond motifs is 3. The van der Waals surface area contributed by atoms with Gasteiger partial charge in [0.25, 0.3) is 0 Å². The van der Waals surface area contributed by atoms with E-state index in [-0.39, 0.29) is 22.8 Å². The molecule has 0 saturated heterocycles. The molecule has 1 aromatic carbocycles. The Kier molecular flexibility index (Phi) is 1.67. The van der Waals surface area contributed by atoms with Crippen LogP contribution in [0.2, 0.25) is 5.02 Å². The fraction of sp³-hybridized carbons (Fsp3) is 0.364. The molecule has 0 radical (unpaired) electrons. The maximum atomic E-state index is 13.1. The van der Waals surface area contributed by atoms with Crippen molar-refractivity contribution in [3.05, 3.63) is 34.1 Å².